The summed E-state index contributed by atoms with van der Waals surface area (Å²) >= 11 is 0. The van der Waals surface area contributed by atoms with Gasteiger partial charge in [-0.15, -0.1) is 0 Å². The van der Waals surface area contributed by atoms with E-state index in [0.717, 1.165) is 11.1 Å². The predicted molar refractivity (Wildman–Crippen MR) is 111 cm³/mol. The zero-order valence-corrected chi connectivity index (χ0v) is 17.8. The van der Waals surface area contributed by atoms with Gasteiger partial charge in [-0.3, -0.25) is 4.79 Å². The second-order valence-electron chi connectivity index (χ2n) is 6.95. The molecule has 1 atom stereocenters. The van der Waals surface area contributed by atoms with Gasteiger partial charge in [0.05, 0.1) is 27.4 Å². The summed E-state index contributed by atoms with van der Waals surface area (Å²) < 4.78 is 16.3. The van der Waals surface area contributed by atoms with Crippen LogP contribution in [0.4, 0.5) is 0 Å². The van der Waals surface area contributed by atoms with Crippen LogP contribution in [0.1, 0.15) is 33.1 Å². The maximum atomic E-state index is 12.6. The summed E-state index contributed by atoms with van der Waals surface area (Å²) in [6.07, 6.45) is 0. The third-order valence-corrected chi connectivity index (χ3v) is 4.92. The molecule has 1 N–H and O–H groups in total. The number of hydrogen-bond donors (Lipinski definition) is 1. The number of aryl methyl sites for hydroxylation is 2. The minimum absolute atomic E-state index is 0.0656. The average molecular weight is 386 g/mol. The van der Waals surface area contributed by atoms with E-state index in [1.54, 1.807) is 21.3 Å². The number of ether oxygens (including phenoxy) is 3. The van der Waals surface area contributed by atoms with Crippen molar-refractivity contribution in [3.63, 3.8) is 0 Å². The lowest BCUT2D eigenvalue weighted by Gasteiger charge is -2.26. The fourth-order valence-electron chi connectivity index (χ4n) is 3.07. The molecular formula is C22H30N2O4. The summed E-state index contributed by atoms with van der Waals surface area (Å²) in [5, 5.41) is 3.04. The Morgan fingerprint density at radius 2 is 1.57 bits per heavy atom. The fraction of sp³-hybridized carbons (Fsp3) is 0.409. The molecule has 6 nitrogen and oxygen atoms in total. The van der Waals surface area contributed by atoms with Crippen molar-refractivity contribution in [1.29, 1.82) is 0 Å². The maximum absolute atomic E-state index is 12.6. The Labute approximate surface area is 167 Å². The highest BCUT2D eigenvalue weighted by molar-refractivity contribution is 5.94. The second kappa shape index (κ2) is 9.46. The van der Waals surface area contributed by atoms with E-state index in [4.69, 9.17) is 14.2 Å². The summed E-state index contributed by atoms with van der Waals surface area (Å²) in [6, 6.07) is 9.48. The molecule has 1 unspecified atom stereocenters. The molecule has 2 aromatic carbocycles. The molecule has 0 aliphatic heterocycles. The Balaban J connectivity index is 2.26. The largest absolute Gasteiger partial charge is 0.493 e. The molecule has 0 heterocycles. The van der Waals surface area contributed by atoms with E-state index in [0.29, 0.717) is 29.4 Å². The van der Waals surface area contributed by atoms with Crippen molar-refractivity contribution in [2.75, 3.05) is 42.0 Å². The first-order valence-corrected chi connectivity index (χ1v) is 9.14. The Morgan fingerprint density at radius 3 is 2.04 bits per heavy atom. The monoisotopic (exact) mass is 386 g/mol. The Bertz CT molecular complexity index is 808. The molecule has 0 fully saturated rings. The van der Waals surface area contributed by atoms with Gasteiger partial charge in [-0.25, -0.2) is 0 Å². The zero-order chi connectivity index (χ0) is 20.8. The first kappa shape index (κ1) is 21.6. The van der Waals surface area contributed by atoms with E-state index in [1.807, 2.05) is 63.2 Å². The minimum atomic E-state index is -0.0950. The van der Waals surface area contributed by atoms with E-state index >= 15 is 0 Å². The molecule has 0 saturated heterocycles. The van der Waals surface area contributed by atoms with Crippen LogP contribution in [0.5, 0.6) is 17.2 Å². The number of nitrogens with zero attached hydrogens (tertiary/aromatic N) is 1. The smallest absolute Gasteiger partial charge is 0.251 e. The highest BCUT2D eigenvalue weighted by Crippen LogP contribution is 2.40. The van der Waals surface area contributed by atoms with Crippen molar-refractivity contribution in [1.82, 2.24) is 10.2 Å². The third-order valence-electron chi connectivity index (χ3n) is 4.92. The quantitative estimate of drug-likeness (QED) is 0.754. The molecule has 0 bridgehead atoms. The molecule has 6 heteroatoms. The van der Waals surface area contributed by atoms with Gasteiger partial charge < -0.3 is 24.4 Å². The molecule has 0 saturated carbocycles. The number of carbonyl (C=O) groups excluding carboxylic acids is 1. The fourth-order valence-corrected chi connectivity index (χ4v) is 3.07. The molecule has 2 aromatic rings. The first-order chi connectivity index (χ1) is 13.3. The van der Waals surface area contributed by atoms with E-state index in [1.165, 1.54) is 5.56 Å². The summed E-state index contributed by atoms with van der Waals surface area (Å²) in [4.78, 5) is 14.7. The van der Waals surface area contributed by atoms with E-state index in [-0.39, 0.29) is 11.9 Å². The number of amides is 1. The topological polar surface area (TPSA) is 60.0 Å². The number of rotatable bonds is 8. The molecule has 0 aliphatic rings. The van der Waals surface area contributed by atoms with Crippen LogP contribution in [-0.4, -0.2) is 52.8 Å². The molecule has 28 heavy (non-hydrogen) atoms. The van der Waals surface area contributed by atoms with Crippen LogP contribution >= 0.6 is 0 Å². The highest BCUT2D eigenvalue weighted by atomic mass is 16.5. The first-order valence-electron chi connectivity index (χ1n) is 9.14. The minimum Gasteiger partial charge on any atom is -0.493 e. The van der Waals surface area contributed by atoms with Crippen molar-refractivity contribution in [2.24, 2.45) is 0 Å². The van der Waals surface area contributed by atoms with Crippen molar-refractivity contribution >= 4 is 5.91 Å². The van der Waals surface area contributed by atoms with Gasteiger partial charge in [0.2, 0.25) is 5.75 Å². The van der Waals surface area contributed by atoms with Crippen molar-refractivity contribution in [3.05, 3.63) is 52.6 Å². The normalized spacial score (nSPS) is 11.9. The SMILES string of the molecule is COc1cc(C(CNC(=O)c2ccc(C)c(C)c2)N(C)C)cc(OC)c1OC. The molecule has 0 aromatic heterocycles. The van der Waals surface area contributed by atoms with Gasteiger partial charge in [0.1, 0.15) is 0 Å². The summed E-state index contributed by atoms with van der Waals surface area (Å²) in [6.45, 7) is 4.48. The maximum Gasteiger partial charge on any atom is 0.251 e. The van der Waals surface area contributed by atoms with Gasteiger partial charge in [0.15, 0.2) is 11.5 Å². The van der Waals surface area contributed by atoms with E-state index < -0.39 is 0 Å². The van der Waals surface area contributed by atoms with Crippen LogP contribution in [0, 0.1) is 13.8 Å². The van der Waals surface area contributed by atoms with Crippen LogP contribution in [0.15, 0.2) is 30.3 Å². The lowest BCUT2D eigenvalue weighted by molar-refractivity contribution is 0.0942. The van der Waals surface area contributed by atoms with Crippen molar-refractivity contribution in [2.45, 2.75) is 19.9 Å². The molecule has 0 spiro atoms. The third kappa shape index (κ3) is 4.75. The number of nitrogens with one attached hydrogen (secondary N) is 1. The second-order valence-corrected chi connectivity index (χ2v) is 6.95. The van der Waals surface area contributed by atoms with Gasteiger partial charge in [0.25, 0.3) is 5.91 Å². The van der Waals surface area contributed by atoms with E-state index in [9.17, 15) is 4.79 Å². The lowest BCUT2D eigenvalue weighted by atomic mass is 10.0. The van der Waals surface area contributed by atoms with Gasteiger partial charge >= 0.3 is 0 Å². The Kier molecular flexibility index (Phi) is 7.29. The molecule has 1 amide bonds. The molecule has 0 radical (unpaired) electrons. The molecule has 152 valence electrons. The van der Waals surface area contributed by atoms with Gasteiger partial charge in [-0.05, 0) is 68.9 Å². The number of methoxy groups -OCH3 is 3. The van der Waals surface area contributed by atoms with Crippen molar-refractivity contribution < 1.29 is 19.0 Å². The Morgan fingerprint density at radius 1 is 0.964 bits per heavy atom. The van der Waals surface area contributed by atoms with Gasteiger partial charge in [-0.2, -0.15) is 0 Å². The number of likely N-dealkylation sites (N-methyl/N-ethyl adjacent to an activating group) is 1. The van der Waals surface area contributed by atoms with Gasteiger partial charge in [-0.1, -0.05) is 6.07 Å². The lowest BCUT2D eigenvalue weighted by Crippen LogP contribution is -2.34. The van der Waals surface area contributed by atoms with Crippen molar-refractivity contribution in [3.8, 4) is 17.2 Å². The summed E-state index contributed by atoms with van der Waals surface area (Å²) in [5.41, 5.74) is 3.88. The highest BCUT2D eigenvalue weighted by Gasteiger charge is 2.21. The standard InChI is InChI=1S/C22H30N2O4/c1-14-8-9-16(10-15(14)2)22(25)23-13-18(24(3)4)17-11-19(26-5)21(28-7)20(12-17)27-6/h8-12,18H,13H2,1-7H3,(H,23,25). The molecule has 2 rings (SSSR count). The molecule has 0 aliphatic carbocycles. The zero-order valence-electron chi connectivity index (χ0n) is 17.8. The van der Waals surface area contributed by atoms with Crippen LogP contribution in [0.2, 0.25) is 0 Å². The van der Waals surface area contributed by atoms with Gasteiger partial charge in [0, 0.05) is 12.1 Å². The summed E-state index contributed by atoms with van der Waals surface area (Å²) in [5.74, 6) is 1.63. The Hall–Kier alpha value is -2.73. The summed E-state index contributed by atoms with van der Waals surface area (Å²) in [7, 11) is 8.69. The predicted octanol–water partition coefficient (Wildman–Crippen LogP) is 3.36. The van der Waals surface area contributed by atoms with Crippen LogP contribution < -0.4 is 19.5 Å². The van der Waals surface area contributed by atoms with Crippen LogP contribution in [-0.2, 0) is 0 Å². The van der Waals surface area contributed by atoms with E-state index in [2.05, 4.69) is 5.32 Å². The number of hydrogen-bond acceptors (Lipinski definition) is 5. The van der Waals surface area contributed by atoms with Crippen LogP contribution in [0.3, 0.4) is 0 Å². The van der Waals surface area contributed by atoms with Crippen LogP contribution in [0.25, 0.3) is 0 Å². The molecular weight excluding hydrogens is 356 g/mol. The number of benzene rings is 2. The number of carbonyl (C=O) groups is 1. The average Bonchev–Trinajstić information content (AvgIpc) is 2.68.